The standard InChI is InChI=1S/C16H25ClN2O2/c1-12(2)19-7-8-20-15(10-19)11-21-16-4-3-14(17)9-13(16)5-6-18/h3-4,9,12,15H,5-8,10-11,18H2,1-2H3. The number of hydrogen-bond donors (Lipinski definition) is 1. The van der Waals surface area contributed by atoms with Crippen LogP contribution >= 0.6 is 11.6 Å². The minimum absolute atomic E-state index is 0.113. The zero-order valence-electron chi connectivity index (χ0n) is 12.8. The lowest BCUT2D eigenvalue weighted by Crippen LogP contribution is -2.47. The molecule has 1 aromatic rings. The number of hydrogen-bond acceptors (Lipinski definition) is 4. The lowest BCUT2D eigenvalue weighted by molar-refractivity contribution is -0.0565. The fourth-order valence-electron chi connectivity index (χ4n) is 2.53. The van der Waals surface area contributed by atoms with Gasteiger partial charge in [-0.3, -0.25) is 4.90 Å². The highest BCUT2D eigenvalue weighted by molar-refractivity contribution is 6.30. The Labute approximate surface area is 132 Å². The van der Waals surface area contributed by atoms with Crippen LogP contribution in [0, 0.1) is 0 Å². The number of morpholine rings is 1. The normalized spacial score (nSPS) is 20.0. The maximum absolute atomic E-state index is 6.03. The molecule has 21 heavy (non-hydrogen) atoms. The molecule has 0 radical (unpaired) electrons. The van der Waals surface area contributed by atoms with Gasteiger partial charge >= 0.3 is 0 Å². The van der Waals surface area contributed by atoms with Gasteiger partial charge in [-0.1, -0.05) is 11.6 Å². The molecule has 1 aliphatic heterocycles. The molecule has 0 spiro atoms. The predicted molar refractivity (Wildman–Crippen MR) is 86.2 cm³/mol. The molecule has 0 aliphatic carbocycles. The molecule has 1 heterocycles. The Morgan fingerprint density at radius 2 is 2.29 bits per heavy atom. The summed E-state index contributed by atoms with van der Waals surface area (Å²) in [6.07, 6.45) is 0.877. The first-order chi connectivity index (χ1) is 10.1. The van der Waals surface area contributed by atoms with E-state index in [1.54, 1.807) is 0 Å². The third-order valence-corrected chi connectivity index (χ3v) is 4.00. The molecule has 2 N–H and O–H groups in total. The molecular formula is C16H25ClN2O2. The van der Waals surface area contributed by atoms with Gasteiger partial charge in [-0.25, -0.2) is 0 Å². The van der Waals surface area contributed by atoms with Crippen molar-refractivity contribution in [2.75, 3.05) is 32.8 Å². The summed E-state index contributed by atoms with van der Waals surface area (Å²) >= 11 is 6.03. The van der Waals surface area contributed by atoms with E-state index < -0.39 is 0 Å². The van der Waals surface area contributed by atoms with Gasteiger partial charge in [-0.05, 0) is 50.6 Å². The first-order valence-corrected chi connectivity index (χ1v) is 7.95. The van der Waals surface area contributed by atoms with E-state index >= 15 is 0 Å². The van der Waals surface area contributed by atoms with Gasteiger partial charge in [-0.15, -0.1) is 0 Å². The van der Waals surface area contributed by atoms with Crippen LogP contribution in [0.5, 0.6) is 5.75 Å². The minimum atomic E-state index is 0.113. The van der Waals surface area contributed by atoms with E-state index in [9.17, 15) is 0 Å². The molecule has 1 fully saturated rings. The summed E-state index contributed by atoms with van der Waals surface area (Å²) in [6, 6.07) is 6.22. The average Bonchev–Trinajstić information content (AvgIpc) is 2.47. The van der Waals surface area contributed by atoms with E-state index in [4.69, 9.17) is 26.8 Å². The Morgan fingerprint density at radius 1 is 1.48 bits per heavy atom. The highest BCUT2D eigenvalue weighted by atomic mass is 35.5. The van der Waals surface area contributed by atoms with Crippen LogP contribution in [0.25, 0.3) is 0 Å². The molecular weight excluding hydrogens is 288 g/mol. The van der Waals surface area contributed by atoms with Crippen molar-refractivity contribution >= 4 is 11.6 Å². The van der Waals surface area contributed by atoms with Crippen LogP contribution < -0.4 is 10.5 Å². The fraction of sp³-hybridized carbons (Fsp3) is 0.625. The van der Waals surface area contributed by atoms with Gasteiger partial charge in [0.1, 0.15) is 18.5 Å². The quantitative estimate of drug-likeness (QED) is 0.876. The van der Waals surface area contributed by atoms with Gasteiger partial charge in [-0.2, -0.15) is 0 Å². The van der Waals surface area contributed by atoms with Crippen LogP contribution in [0.3, 0.4) is 0 Å². The molecule has 1 aliphatic rings. The van der Waals surface area contributed by atoms with Crippen molar-refractivity contribution in [2.24, 2.45) is 5.73 Å². The van der Waals surface area contributed by atoms with Crippen LogP contribution in [-0.2, 0) is 11.2 Å². The van der Waals surface area contributed by atoms with Crippen molar-refractivity contribution in [3.63, 3.8) is 0 Å². The van der Waals surface area contributed by atoms with E-state index in [2.05, 4.69) is 18.7 Å². The smallest absolute Gasteiger partial charge is 0.122 e. The van der Waals surface area contributed by atoms with Crippen LogP contribution in [0.4, 0.5) is 0 Å². The first-order valence-electron chi connectivity index (χ1n) is 7.57. The molecule has 0 saturated carbocycles. The van der Waals surface area contributed by atoms with Crippen molar-refractivity contribution in [1.29, 1.82) is 0 Å². The molecule has 1 atom stereocenters. The van der Waals surface area contributed by atoms with Crippen LogP contribution in [-0.4, -0.2) is 49.9 Å². The summed E-state index contributed by atoms with van der Waals surface area (Å²) < 4.78 is 11.7. The number of nitrogens with zero attached hydrogens (tertiary/aromatic N) is 1. The average molecular weight is 313 g/mol. The van der Waals surface area contributed by atoms with E-state index in [-0.39, 0.29) is 6.10 Å². The highest BCUT2D eigenvalue weighted by Crippen LogP contribution is 2.24. The van der Waals surface area contributed by atoms with Gasteiger partial charge in [0.2, 0.25) is 0 Å². The summed E-state index contributed by atoms with van der Waals surface area (Å²) in [5.41, 5.74) is 6.70. The second-order valence-corrected chi connectivity index (χ2v) is 6.12. The van der Waals surface area contributed by atoms with Crippen molar-refractivity contribution in [2.45, 2.75) is 32.4 Å². The van der Waals surface area contributed by atoms with Crippen molar-refractivity contribution in [3.8, 4) is 5.75 Å². The van der Waals surface area contributed by atoms with E-state index in [0.717, 1.165) is 37.4 Å². The Balaban J connectivity index is 1.93. The molecule has 1 aromatic carbocycles. The SMILES string of the molecule is CC(C)N1CCOC(COc2ccc(Cl)cc2CCN)C1. The molecule has 5 heteroatoms. The summed E-state index contributed by atoms with van der Waals surface area (Å²) in [4.78, 5) is 2.42. The lowest BCUT2D eigenvalue weighted by atomic mass is 10.1. The third-order valence-electron chi connectivity index (χ3n) is 3.76. The second-order valence-electron chi connectivity index (χ2n) is 5.68. The molecule has 0 bridgehead atoms. The van der Waals surface area contributed by atoms with Gasteiger partial charge in [0.15, 0.2) is 0 Å². The summed E-state index contributed by atoms with van der Waals surface area (Å²) in [5.74, 6) is 0.857. The van der Waals surface area contributed by atoms with Gasteiger partial charge in [0, 0.05) is 24.2 Å². The Hall–Kier alpha value is -0.810. The summed E-state index contributed by atoms with van der Waals surface area (Å²) in [7, 11) is 0. The monoisotopic (exact) mass is 312 g/mol. The van der Waals surface area contributed by atoms with Crippen molar-refractivity contribution in [1.82, 2.24) is 4.90 Å². The minimum Gasteiger partial charge on any atom is -0.491 e. The number of halogens is 1. The topological polar surface area (TPSA) is 47.7 Å². The Bertz CT molecular complexity index is 454. The molecule has 1 unspecified atom stereocenters. The fourth-order valence-corrected chi connectivity index (χ4v) is 2.73. The van der Waals surface area contributed by atoms with Gasteiger partial charge in [0.25, 0.3) is 0 Å². The molecule has 118 valence electrons. The van der Waals surface area contributed by atoms with E-state index in [0.29, 0.717) is 24.2 Å². The second kappa shape index (κ2) is 7.99. The molecule has 1 saturated heterocycles. The lowest BCUT2D eigenvalue weighted by Gasteiger charge is -2.35. The zero-order chi connectivity index (χ0) is 15.2. The molecule has 4 nitrogen and oxygen atoms in total. The van der Waals surface area contributed by atoms with Crippen LogP contribution in [0.15, 0.2) is 18.2 Å². The first kappa shape index (κ1) is 16.6. The van der Waals surface area contributed by atoms with Gasteiger partial charge < -0.3 is 15.2 Å². The summed E-state index contributed by atoms with van der Waals surface area (Å²) in [6.45, 7) is 8.23. The Morgan fingerprint density at radius 3 is 3.00 bits per heavy atom. The largest absolute Gasteiger partial charge is 0.491 e. The van der Waals surface area contributed by atoms with Crippen molar-refractivity contribution in [3.05, 3.63) is 28.8 Å². The molecule has 2 rings (SSSR count). The Kier molecular flexibility index (Phi) is 6.30. The third kappa shape index (κ3) is 4.85. The van der Waals surface area contributed by atoms with Crippen LogP contribution in [0.1, 0.15) is 19.4 Å². The van der Waals surface area contributed by atoms with Crippen LogP contribution in [0.2, 0.25) is 5.02 Å². The summed E-state index contributed by atoms with van der Waals surface area (Å²) in [5, 5.41) is 0.714. The van der Waals surface area contributed by atoms with Gasteiger partial charge in [0.05, 0.1) is 6.61 Å². The number of rotatable bonds is 6. The highest BCUT2D eigenvalue weighted by Gasteiger charge is 2.22. The number of nitrogens with two attached hydrogens (primary N) is 1. The van der Waals surface area contributed by atoms with E-state index in [1.807, 2.05) is 18.2 Å². The zero-order valence-corrected chi connectivity index (χ0v) is 13.6. The number of ether oxygens (including phenoxy) is 2. The van der Waals surface area contributed by atoms with Crippen molar-refractivity contribution < 1.29 is 9.47 Å². The maximum Gasteiger partial charge on any atom is 0.122 e. The molecule has 0 aromatic heterocycles. The molecule has 0 amide bonds. The maximum atomic E-state index is 6.03. The van der Waals surface area contributed by atoms with E-state index in [1.165, 1.54) is 0 Å². The predicted octanol–water partition coefficient (Wildman–Crippen LogP) is 2.33. The number of benzene rings is 1.